The van der Waals surface area contributed by atoms with Crippen LogP contribution in [-0.4, -0.2) is 16.7 Å². The minimum absolute atomic E-state index is 0.143. The monoisotopic (exact) mass is 222 g/mol. The first-order valence-electron chi connectivity index (χ1n) is 4.63. The molecule has 4 heteroatoms. The minimum atomic E-state index is -0.490. The van der Waals surface area contributed by atoms with Crippen LogP contribution in [0.15, 0.2) is 30.5 Å². The first-order valence-corrected chi connectivity index (χ1v) is 5.01. The lowest BCUT2D eigenvalue weighted by molar-refractivity contribution is 0.268. The zero-order valence-electron chi connectivity index (χ0n) is 8.02. The Bertz CT molecular complexity index is 487. The predicted molar refractivity (Wildman–Crippen MR) is 60.8 cm³/mol. The highest BCUT2D eigenvalue weighted by Gasteiger charge is 2.13. The number of halogens is 1. The quantitative estimate of drug-likeness (QED) is 0.816. The van der Waals surface area contributed by atoms with Crippen LogP contribution in [0, 0.1) is 0 Å². The summed E-state index contributed by atoms with van der Waals surface area (Å²) in [7, 11) is 0. The van der Waals surface area contributed by atoms with Crippen molar-refractivity contribution in [1.29, 1.82) is 0 Å². The fraction of sp³-hybridized carbons (Fsp3) is 0.182. The lowest BCUT2D eigenvalue weighted by atomic mass is 10.0. The Morgan fingerprint density at radius 1 is 1.40 bits per heavy atom. The van der Waals surface area contributed by atoms with Crippen molar-refractivity contribution in [2.75, 3.05) is 6.61 Å². The summed E-state index contributed by atoms with van der Waals surface area (Å²) in [6, 6.07) is 6.96. The molecule has 0 aliphatic heterocycles. The van der Waals surface area contributed by atoms with Crippen molar-refractivity contribution in [3.05, 3.63) is 41.0 Å². The number of rotatable bonds is 2. The molecule has 1 aromatic carbocycles. The third-order valence-electron chi connectivity index (χ3n) is 2.33. The summed E-state index contributed by atoms with van der Waals surface area (Å²) in [5, 5.41) is 10.6. The molecule has 0 amide bonds. The second-order valence-electron chi connectivity index (χ2n) is 3.33. The normalized spacial score (nSPS) is 13.0. The van der Waals surface area contributed by atoms with Gasteiger partial charge in [0, 0.05) is 22.2 Å². The first-order chi connectivity index (χ1) is 7.24. The molecule has 2 aromatic rings. The SMILES string of the molecule is N[C@@H](CO)c1c(Cl)ccc2cccnc12. The summed E-state index contributed by atoms with van der Waals surface area (Å²) in [6.45, 7) is -0.143. The van der Waals surface area contributed by atoms with Crippen molar-refractivity contribution < 1.29 is 5.11 Å². The highest BCUT2D eigenvalue weighted by atomic mass is 35.5. The molecule has 1 heterocycles. The molecular weight excluding hydrogens is 212 g/mol. The Balaban J connectivity index is 2.74. The highest BCUT2D eigenvalue weighted by molar-refractivity contribution is 6.32. The van der Waals surface area contributed by atoms with Crippen LogP contribution in [0.1, 0.15) is 11.6 Å². The van der Waals surface area contributed by atoms with Gasteiger partial charge in [0.25, 0.3) is 0 Å². The van der Waals surface area contributed by atoms with Gasteiger partial charge < -0.3 is 10.8 Å². The van der Waals surface area contributed by atoms with Gasteiger partial charge in [-0.1, -0.05) is 23.7 Å². The number of benzene rings is 1. The average Bonchev–Trinajstić information content (AvgIpc) is 2.28. The Labute approximate surface area is 92.5 Å². The molecule has 2 rings (SSSR count). The molecule has 0 spiro atoms. The second kappa shape index (κ2) is 4.14. The fourth-order valence-corrected chi connectivity index (χ4v) is 1.88. The van der Waals surface area contributed by atoms with Gasteiger partial charge in [0.15, 0.2) is 0 Å². The van der Waals surface area contributed by atoms with Crippen molar-refractivity contribution in [2.24, 2.45) is 5.73 Å². The minimum Gasteiger partial charge on any atom is -0.394 e. The smallest absolute Gasteiger partial charge is 0.0765 e. The van der Waals surface area contributed by atoms with E-state index in [4.69, 9.17) is 22.4 Å². The van der Waals surface area contributed by atoms with E-state index in [0.29, 0.717) is 10.6 Å². The van der Waals surface area contributed by atoms with Crippen LogP contribution in [0.25, 0.3) is 10.9 Å². The van der Waals surface area contributed by atoms with E-state index in [9.17, 15) is 0 Å². The van der Waals surface area contributed by atoms with Gasteiger partial charge in [-0.3, -0.25) is 4.98 Å². The van der Waals surface area contributed by atoms with Gasteiger partial charge in [0.1, 0.15) is 0 Å². The number of nitrogens with two attached hydrogens (primary N) is 1. The lowest BCUT2D eigenvalue weighted by Crippen LogP contribution is -2.15. The summed E-state index contributed by atoms with van der Waals surface area (Å²) >= 11 is 6.05. The Morgan fingerprint density at radius 3 is 2.93 bits per heavy atom. The molecule has 0 fully saturated rings. The van der Waals surface area contributed by atoms with E-state index >= 15 is 0 Å². The second-order valence-corrected chi connectivity index (χ2v) is 3.73. The Kier molecular flexibility index (Phi) is 2.86. The zero-order chi connectivity index (χ0) is 10.8. The molecule has 0 aliphatic carbocycles. The number of fused-ring (bicyclic) bond motifs is 1. The first kappa shape index (κ1) is 10.4. The molecule has 3 N–H and O–H groups in total. The van der Waals surface area contributed by atoms with Gasteiger partial charge in [-0.15, -0.1) is 0 Å². The summed E-state index contributed by atoms with van der Waals surface area (Å²) in [5.74, 6) is 0. The van der Waals surface area contributed by atoms with Crippen LogP contribution in [0.3, 0.4) is 0 Å². The predicted octanol–water partition coefficient (Wildman–Crippen LogP) is 1.88. The standard InChI is InChI=1S/C11H11ClN2O/c12-8-4-3-7-2-1-5-14-11(7)10(8)9(13)6-15/h1-5,9,15H,6,13H2/t9-/m0/s1. The Hall–Kier alpha value is -1.16. The molecule has 0 bridgehead atoms. The van der Waals surface area contributed by atoms with Crippen molar-refractivity contribution in [3.8, 4) is 0 Å². The zero-order valence-corrected chi connectivity index (χ0v) is 8.78. The van der Waals surface area contributed by atoms with Gasteiger partial charge >= 0.3 is 0 Å². The largest absolute Gasteiger partial charge is 0.394 e. The molecule has 1 atom stereocenters. The topological polar surface area (TPSA) is 59.1 Å². The van der Waals surface area contributed by atoms with Crippen molar-refractivity contribution >= 4 is 22.5 Å². The highest BCUT2D eigenvalue weighted by Crippen LogP contribution is 2.28. The fourth-order valence-electron chi connectivity index (χ4n) is 1.59. The van der Waals surface area contributed by atoms with E-state index in [1.807, 2.05) is 18.2 Å². The van der Waals surface area contributed by atoms with E-state index in [1.165, 1.54) is 0 Å². The summed E-state index contributed by atoms with van der Waals surface area (Å²) in [5.41, 5.74) is 7.25. The van der Waals surface area contributed by atoms with Crippen LogP contribution in [-0.2, 0) is 0 Å². The average molecular weight is 223 g/mol. The van der Waals surface area contributed by atoms with E-state index in [-0.39, 0.29) is 6.61 Å². The molecule has 0 unspecified atom stereocenters. The molecule has 3 nitrogen and oxygen atoms in total. The summed E-state index contributed by atoms with van der Waals surface area (Å²) in [6.07, 6.45) is 1.69. The van der Waals surface area contributed by atoms with Crippen LogP contribution < -0.4 is 5.73 Å². The van der Waals surface area contributed by atoms with E-state index < -0.39 is 6.04 Å². The number of aromatic nitrogens is 1. The third-order valence-corrected chi connectivity index (χ3v) is 2.66. The molecular formula is C11H11ClN2O. The van der Waals surface area contributed by atoms with Gasteiger partial charge in [0.05, 0.1) is 18.2 Å². The Morgan fingerprint density at radius 2 is 2.20 bits per heavy atom. The molecule has 1 aromatic heterocycles. The number of nitrogens with zero attached hydrogens (tertiary/aromatic N) is 1. The maximum Gasteiger partial charge on any atom is 0.0765 e. The van der Waals surface area contributed by atoms with E-state index in [1.54, 1.807) is 12.3 Å². The van der Waals surface area contributed by atoms with Crippen LogP contribution in [0.4, 0.5) is 0 Å². The van der Waals surface area contributed by atoms with Crippen LogP contribution >= 0.6 is 11.6 Å². The lowest BCUT2D eigenvalue weighted by Gasteiger charge is -2.13. The van der Waals surface area contributed by atoms with Crippen molar-refractivity contribution in [3.63, 3.8) is 0 Å². The third kappa shape index (κ3) is 1.81. The number of aliphatic hydroxyl groups excluding tert-OH is 1. The molecule has 78 valence electrons. The van der Waals surface area contributed by atoms with E-state index in [0.717, 1.165) is 10.9 Å². The van der Waals surface area contributed by atoms with Gasteiger partial charge in [-0.25, -0.2) is 0 Å². The van der Waals surface area contributed by atoms with Crippen LogP contribution in [0.5, 0.6) is 0 Å². The molecule has 15 heavy (non-hydrogen) atoms. The van der Waals surface area contributed by atoms with Gasteiger partial charge in [-0.05, 0) is 12.1 Å². The van der Waals surface area contributed by atoms with Gasteiger partial charge in [-0.2, -0.15) is 0 Å². The number of aliphatic hydroxyl groups is 1. The molecule has 0 saturated carbocycles. The molecule has 0 radical (unpaired) electrons. The summed E-state index contributed by atoms with van der Waals surface area (Å²) in [4.78, 5) is 4.24. The van der Waals surface area contributed by atoms with Gasteiger partial charge in [0.2, 0.25) is 0 Å². The molecule has 0 saturated heterocycles. The molecule has 0 aliphatic rings. The number of hydrogen-bond acceptors (Lipinski definition) is 3. The van der Waals surface area contributed by atoms with E-state index in [2.05, 4.69) is 4.98 Å². The maximum atomic E-state index is 9.06. The number of pyridine rings is 1. The summed E-state index contributed by atoms with van der Waals surface area (Å²) < 4.78 is 0. The maximum absolute atomic E-state index is 9.06. The number of hydrogen-bond donors (Lipinski definition) is 2. The van der Waals surface area contributed by atoms with Crippen molar-refractivity contribution in [1.82, 2.24) is 4.98 Å². The van der Waals surface area contributed by atoms with Crippen LogP contribution in [0.2, 0.25) is 5.02 Å². The van der Waals surface area contributed by atoms with Crippen molar-refractivity contribution in [2.45, 2.75) is 6.04 Å².